The van der Waals surface area contributed by atoms with Crippen LogP contribution in [0.5, 0.6) is 11.5 Å². The summed E-state index contributed by atoms with van der Waals surface area (Å²) in [6.07, 6.45) is 0.868. The predicted molar refractivity (Wildman–Crippen MR) is 132 cm³/mol. The van der Waals surface area contributed by atoms with Gasteiger partial charge in [0.2, 0.25) is 0 Å². The largest absolute Gasteiger partial charge is 0.493 e. The average Bonchev–Trinajstić information content (AvgIpc) is 2.81. The molecule has 174 valence electrons. The molecule has 0 unspecified atom stereocenters. The number of rotatable bonds is 5. The van der Waals surface area contributed by atoms with E-state index in [1.807, 2.05) is 43.3 Å². The number of methoxy groups -OCH3 is 2. The number of hydrogen-bond donors (Lipinski definition) is 1. The van der Waals surface area contributed by atoms with Crippen LogP contribution in [0.3, 0.4) is 0 Å². The standard InChI is InChI=1S/C27H33N3O3/c1-17(27(2,3)4)28-26(31)21-15-25(29-22-10-8-7-9-20(21)22)30-12-11-18-13-23(32-5)24(33-6)14-19(18)16-30/h7-10,13-15,17H,11-12,16H2,1-6H3,(H,28,31)/t17-/m1/s1. The number of para-hydroxylation sites is 1. The molecule has 0 saturated carbocycles. The van der Waals surface area contributed by atoms with Gasteiger partial charge in [-0.05, 0) is 54.2 Å². The number of nitrogens with zero attached hydrogens (tertiary/aromatic N) is 2. The van der Waals surface area contributed by atoms with Gasteiger partial charge < -0.3 is 19.7 Å². The topological polar surface area (TPSA) is 63.7 Å². The number of anilines is 1. The maximum absolute atomic E-state index is 13.3. The quantitative estimate of drug-likeness (QED) is 0.598. The summed E-state index contributed by atoms with van der Waals surface area (Å²) in [6.45, 7) is 9.94. The Hall–Kier alpha value is -3.28. The lowest BCUT2D eigenvalue weighted by atomic mass is 9.88. The monoisotopic (exact) mass is 447 g/mol. The zero-order valence-corrected chi connectivity index (χ0v) is 20.4. The Kier molecular flexibility index (Phi) is 6.19. The third-order valence-corrected chi connectivity index (χ3v) is 6.64. The van der Waals surface area contributed by atoms with Crippen LogP contribution >= 0.6 is 0 Å². The Morgan fingerprint density at radius 3 is 2.39 bits per heavy atom. The molecule has 1 aliphatic rings. The zero-order valence-electron chi connectivity index (χ0n) is 20.4. The van der Waals surface area contributed by atoms with Crippen molar-refractivity contribution in [2.24, 2.45) is 5.41 Å². The van der Waals surface area contributed by atoms with E-state index in [9.17, 15) is 4.79 Å². The van der Waals surface area contributed by atoms with Crippen molar-refractivity contribution in [1.29, 1.82) is 0 Å². The molecule has 1 atom stereocenters. The highest BCUT2D eigenvalue weighted by atomic mass is 16.5. The number of aromatic nitrogens is 1. The van der Waals surface area contributed by atoms with Crippen LogP contribution in [0.2, 0.25) is 0 Å². The Morgan fingerprint density at radius 1 is 1.06 bits per heavy atom. The van der Waals surface area contributed by atoms with Crippen molar-refractivity contribution in [3.05, 3.63) is 59.2 Å². The normalized spacial score (nSPS) is 14.5. The lowest BCUT2D eigenvalue weighted by molar-refractivity contribution is 0.0911. The molecule has 33 heavy (non-hydrogen) atoms. The fraction of sp³-hybridized carbons (Fsp3) is 0.407. The van der Waals surface area contributed by atoms with E-state index in [0.717, 1.165) is 41.2 Å². The zero-order chi connectivity index (χ0) is 23.8. The molecule has 1 amide bonds. The van der Waals surface area contributed by atoms with Crippen LogP contribution in [0.4, 0.5) is 5.82 Å². The first-order valence-electron chi connectivity index (χ1n) is 11.4. The molecular weight excluding hydrogens is 414 g/mol. The number of amides is 1. The summed E-state index contributed by atoms with van der Waals surface area (Å²) in [4.78, 5) is 20.5. The van der Waals surface area contributed by atoms with E-state index in [2.05, 4.69) is 37.1 Å². The molecule has 1 N–H and O–H groups in total. The highest BCUT2D eigenvalue weighted by Crippen LogP contribution is 2.35. The molecule has 1 aliphatic heterocycles. The Bertz CT molecular complexity index is 1180. The molecule has 6 heteroatoms. The molecule has 4 rings (SSSR count). The summed E-state index contributed by atoms with van der Waals surface area (Å²) in [5.74, 6) is 2.21. The van der Waals surface area contributed by atoms with E-state index in [0.29, 0.717) is 12.1 Å². The lowest BCUT2D eigenvalue weighted by Crippen LogP contribution is -2.41. The Morgan fingerprint density at radius 2 is 1.73 bits per heavy atom. The van der Waals surface area contributed by atoms with Gasteiger partial charge in [0.25, 0.3) is 5.91 Å². The van der Waals surface area contributed by atoms with Gasteiger partial charge in [-0.2, -0.15) is 0 Å². The molecule has 0 radical (unpaired) electrons. The van der Waals surface area contributed by atoms with Crippen LogP contribution in [0, 0.1) is 5.41 Å². The molecule has 2 heterocycles. The molecule has 2 aromatic carbocycles. The van der Waals surface area contributed by atoms with Gasteiger partial charge in [0, 0.05) is 24.5 Å². The summed E-state index contributed by atoms with van der Waals surface area (Å²) in [5.41, 5.74) is 3.88. The number of nitrogens with one attached hydrogen (secondary N) is 1. The third-order valence-electron chi connectivity index (χ3n) is 6.64. The molecule has 0 bridgehead atoms. The van der Waals surface area contributed by atoms with Gasteiger partial charge in [-0.15, -0.1) is 0 Å². The minimum Gasteiger partial charge on any atom is -0.493 e. The van der Waals surface area contributed by atoms with Crippen molar-refractivity contribution < 1.29 is 14.3 Å². The Labute approximate surface area is 195 Å². The third kappa shape index (κ3) is 4.61. The molecule has 0 aliphatic carbocycles. The second-order valence-corrected chi connectivity index (χ2v) is 9.75. The summed E-state index contributed by atoms with van der Waals surface area (Å²) in [7, 11) is 3.31. The maximum atomic E-state index is 13.3. The van der Waals surface area contributed by atoms with Crippen LogP contribution < -0.4 is 19.7 Å². The molecule has 1 aromatic heterocycles. The van der Waals surface area contributed by atoms with Crippen LogP contribution in [-0.2, 0) is 13.0 Å². The highest BCUT2D eigenvalue weighted by Gasteiger charge is 2.25. The van der Waals surface area contributed by atoms with Crippen molar-refractivity contribution in [2.75, 3.05) is 25.7 Å². The predicted octanol–water partition coefficient (Wildman–Crippen LogP) is 4.98. The number of ether oxygens (including phenoxy) is 2. The lowest BCUT2D eigenvalue weighted by Gasteiger charge is -2.31. The SMILES string of the molecule is COc1cc2c(cc1OC)CN(c1cc(C(=O)N[C@H](C)C(C)(C)C)c3ccccc3n1)CC2. The summed E-state index contributed by atoms with van der Waals surface area (Å²) in [6, 6.07) is 13.9. The van der Waals surface area contributed by atoms with Crippen molar-refractivity contribution in [1.82, 2.24) is 10.3 Å². The second kappa shape index (κ2) is 8.93. The van der Waals surface area contributed by atoms with Crippen LogP contribution in [0.15, 0.2) is 42.5 Å². The smallest absolute Gasteiger partial charge is 0.252 e. The summed E-state index contributed by atoms with van der Waals surface area (Å²) in [5, 5.41) is 4.05. The first kappa shape index (κ1) is 22.9. The number of benzene rings is 2. The van der Waals surface area contributed by atoms with E-state index in [-0.39, 0.29) is 17.4 Å². The van der Waals surface area contributed by atoms with Crippen molar-refractivity contribution in [2.45, 2.75) is 46.7 Å². The second-order valence-electron chi connectivity index (χ2n) is 9.75. The maximum Gasteiger partial charge on any atom is 0.252 e. The van der Waals surface area contributed by atoms with Gasteiger partial charge in [0.1, 0.15) is 5.82 Å². The van der Waals surface area contributed by atoms with E-state index < -0.39 is 0 Å². The number of fused-ring (bicyclic) bond motifs is 2. The number of carbonyl (C=O) groups excluding carboxylic acids is 1. The summed E-state index contributed by atoms with van der Waals surface area (Å²) < 4.78 is 11.0. The fourth-order valence-corrected chi connectivity index (χ4v) is 4.08. The highest BCUT2D eigenvalue weighted by molar-refractivity contribution is 6.07. The first-order chi connectivity index (χ1) is 15.7. The summed E-state index contributed by atoms with van der Waals surface area (Å²) >= 11 is 0. The van der Waals surface area contributed by atoms with Gasteiger partial charge in [-0.3, -0.25) is 4.79 Å². The molecule has 0 fully saturated rings. The van der Waals surface area contributed by atoms with Gasteiger partial charge in [-0.25, -0.2) is 4.98 Å². The minimum atomic E-state index is -0.0684. The van der Waals surface area contributed by atoms with E-state index in [1.54, 1.807) is 14.2 Å². The molecular formula is C27H33N3O3. The number of pyridine rings is 1. The van der Waals surface area contributed by atoms with Gasteiger partial charge in [0.15, 0.2) is 11.5 Å². The molecule has 3 aromatic rings. The number of hydrogen-bond acceptors (Lipinski definition) is 5. The van der Waals surface area contributed by atoms with Crippen molar-refractivity contribution >= 4 is 22.6 Å². The van der Waals surface area contributed by atoms with Crippen molar-refractivity contribution in [3.63, 3.8) is 0 Å². The van der Waals surface area contributed by atoms with Crippen LogP contribution in [0.1, 0.15) is 49.2 Å². The van der Waals surface area contributed by atoms with E-state index in [1.165, 1.54) is 11.1 Å². The Balaban J connectivity index is 1.70. The van der Waals surface area contributed by atoms with Crippen molar-refractivity contribution in [3.8, 4) is 11.5 Å². The van der Waals surface area contributed by atoms with Gasteiger partial charge in [0.05, 0.1) is 25.3 Å². The number of carbonyl (C=O) groups is 1. The van der Waals surface area contributed by atoms with Crippen LogP contribution in [-0.4, -0.2) is 37.7 Å². The first-order valence-corrected chi connectivity index (χ1v) is 11.4. The minimum absolute atomic E-state index is 0.0297. The van der Waals surface area contributed by atoms with E-state index >= 15 is 0 Å². The fourth-order valence-electron chi connectivity index (χ4n) is 4.08. The van der Waals surface area contributed by atoms with Crippen LogP contribution in [0.25, 0.3) is 10.9 Å². The molecule has 0 saturated heterocycles. The van der Waals surface area contributed by atoms with E-state index in [4.69, 9.17) is 14.5 Å². The molecule has 6 nitrogen and oxygen atoms in total. The molecule has 0 spiro atoms. The van der Waals surface area contributed by atoms with Gasteiger partial charge >= 0.3 is 0 Å². The average molecular weight is 448 g/mol. The van der Waals surface area contributed by atoms with Gasteiger partial charge in [-0.1, -0.05) is 39.0 Å².